The van der Waals surface area contributed by atoms with Gasteiger partial charge in [-0.3, -0.25) is 4.79 Å². The molecule has 1 unspecified atom stereocenters. The van der Waals surface area contributed by atoms with Crippen molar-refractivity contribution in [2.75, 3.05) is 19.6 Å². The minimum absolute atomic E-state index is 0.107. The topological polar surface area (TPSA) is 41.1 Å². The van der Waals surface area contributed by atoms with Crippen LogP contribution in [0, 0.1) is 11.3 Å². The predicted molar refractivity (Wildman–Crippen MR) is 60.6 cm³/mol. The Morgan fingerprint density at radius 1 is 1.53 bits per heavy atom. The first kappa shape index (κ1) is 10.9. The van der Waals surface area contributed by atoms with Crippen molar-refractivity contribution in [1.29, 1.82) is 0 Å². The first-order valence-electron chi connectivity index (χ1n) is 6.26. The highest BCUT2D eigenvalue weighted by Gasteiger charge is 2.39. The maximum absolute atomic E-state index is 12.1. The molecule has 0 spiro atoms. The van der Waals surface area contributed by atoms with Gasteiger partial charge in [-0.1, -0.05) is 13.3 Å². The van der Waals surface area contributed by atoms with Gasteiger partial charge < -0.3 is 10.6 Å². The Kier molecular flexibility index (Phi) is 3.29. The summed E-state index contributed by atoms with van der Waals surface area (Å²) in [5.41, 5.74) is -0.107. The van der Waals surface area contributed by atoms with E-state index in [1.165, 1.54) is 19.3 Å². The van der Waals surface area contributed by atoms with E-state index in [0.29, 0.717) is 0 Å². The highest BCUT2D eigenvalue weighted by molar-refractivity contribution is 5.83. The molecular formula is C12H22N2O. The van der Waals surface area contributed by atoms with Gasteiger partial charge in [-0.05, 0) is 38.1 Å². The normalized spacial score (nSPS) is 31.3. The molecule has 0 bridgehead atoms. The average molecular weight is 210 g/mol. The van der Waals surface area contributed by atoms with Gasteiger partial charge in [0, 0.05) is 13.1 Å². The molecule has 2 N–H and O–H groups in total. The molecule has 1 saturated carbocycles. The lowest BCUT2D eigenvalue weighted by atomic mass is 9.82. The summed E-state index contributed by atoms with van der Waals surface area (Å²) in [6.45, 7) is 4.88. The molecular weight excluding hydrogens is 188 g/mol. The van der Waals surface area contributed by atoms with Crippen molar-refractivity contribution in [3.63, 3.8) is 0 Å². The van der Waals surface area contributed by atoms with Crippen molar-refractivity contribution in [3.8, 4) is 0 Å². The van der Waals surface area contributed by atoms with Crippen LogP contribution in [0.5, 0.6) is 0 Å². The molecule has 0 aromatic carbocycles. The van der Waals surface area contributed by atoms with E-state index in [4.69, 9.17) is 0 Å². The lowest BCUT2D eigenvalue weighted by Gasteiger charge is -2.29. The summed E-state index contributed by atoms with van der Waals surface area (Å²) in [5, 5.41) is 6.44. The summed E-state index contributed by atoms with van der Waals surface area (Å²) >= 11 is 0. The van der Waals surface area contributed by atoms with Gasteiger partial charge in [0.1, 0.15) is 0 Å². The van der Waals surface area contributed by atoms with Crippen molar-refractivity contribution in [2.45, 2.75) is 39.0 Å². The Labute approximate surface area is 92.0 Å². The van der Waals surface area contributed by atoms with Gasteiger partial charge in [0.15, 0.2) is 0 Å². The van der Waals surface area contributed by atoms with Crippen LogP contribution in [0.25, 0.3) is 0 Å². The summed E-state index contributed by atoms with van der Waals surface area (Å²) in [4.78, 5) is 12.1. The molecule has 2 fully saturated rings. The molecule has 0 aromatic rings. The van der Waals surface area contributed by atoms with E-state index in [9.17, 15) is 4.79 Å². The minimum atomic E-state index is -0.107. The fraction of sp³-hybridized carbons (Fsp3) is 0.917. The molecule has 1 aliphatic heterocycles. The number of hydrogen-bond donors (Lipinski definition) is 2. The molecule has 0 radical (unpaired) electrons. The quantitative estimate of drug-likeness (QED) is 0.734. The van der Waals surface area contributed by atoms with Crippen LogP contribution in [0.15, 0.2) is 0 Å². The Morgan fingerprint density at radius 2 is 2.33 bits per heavy atom. The van der Waals surface area contributed by atoms with Gasteiger partial charge in [-0.2, -0.15) is 0 Å². The smallest absolute Gasteiger partial charge is 0.227 e. The first-order chi connectivity index (χ1) is 7.27. The molecule has 2 rings (SSSR count). The van der Waals surface area contributed by atoms with Gasteiger partial charge in [0.05, 0.1) is 5.41 Å². The zero-order valence-corrected chi connectivity index (χ0v) is 9.64. The Bertz CT molecular complexity index is 230. The Balaban J connectivity index is 1.81. The second-order valence-corrected chi connectivity index (χ2v) is 5.07. The van der Waals surface area contributed by atoms with Crippen molar-refractivity contribution < 1.29 is 4.79 Å². The highest BCUT2D eigenvalue weighted by Crippen LogP contribution is 2.30. The van der Waals surface area contributed by atoms with Crippen LogP contribution in [-0.4, -0.2) is 25.5 Å². The first-order valence-corrected chi connectivity index (χ1v) is 6.26. The van der Waals surface area contributed by atoms with Gasteiger partial charge in [0.2, 0.25) is 5.91 Å². The zero-order valence-electron chi connectivity index (χ0n) is 9.64. The number of hydrogen-bond acceptors (Lipinski definition) is 2. The standard InChI is InChI=1S/C12H22N2O/c1-2-12(6-7-13-9-12)11(15)14-8-10-4-3-5-10/h10,13H,2-9H2,1H3,(H,14,15). The molecule has 3 heteroatoms. The van der Waals surface area contributed by atoms with Crippen LogP contribution in [0.3, 0.4) is 0 Å². The lowest BCUT2D eigenvalue weighted by molar-refractivity contribution is -0.130. The van der Waals surface area contributed by atoms with Crippen LogP contribution in [-0.2, 0) is 4.79 Å². The van der Waals surface area contributed by atoms with Gasteiger partial charge in [-0.15, -0.1) is 0 Å². The second kappa shape index (κ2) is 4.52. The summed E-state index contributed by atoms with van der Waals surface area (Å²) in [6, 6.07) is 0. The average Bonchev–Trinajstić information content (AvgIpc) is 2.64. The number of carbonyl (C=O) groups excluding carboxylic acids is 1. The summed E-state index contributed by atoms with van der Waals surface area (Å²) in [7, 11) is 0. The van der Waals surface area contributed by atoms with Crippen LogP contribution in [0.2, 0.25) is 0 Å². The third-order valence-corrected chi connectivity index (χ3v) is 4.18. The SMILES string of the molecule is CCC1(C(=O)NCC2CCC2)CCNC1. The number of amides is 1. The molecule has 1 saturated heterocycles. The van der Waals surface area contributed by atoms with E-state index in [1.807, 2.05) is 0 Å². The molecule has 0 aromatic heterocycles. The summed E-state index contributed by atoms with van der Waals surface area (Å²) in [5.74, 6) is 1.04. The van der Waals surface area contributed by atoms with Gasteiger partial charge in [0.25, 0.3) is 0 Å². The molecule has 2 aliphatic rings. The molecule has 3 nitrogen and oxygen atoms in total. The fourth-order valence-corrected chi connectivity index (χ4v) is 2.52. The van der Waals surface area contributed by atoms with Crippen molar-refractivity contribution in [3.05, 3.63) is 0 Å². The number of nitrogens with one attached hydrogen (secondary N) is 2. The van der Waals surface area contributed by atoms with Gasteiger partial charge in [-0.25, -0.2) is 0 Å². The zero-order chi connectivity index (χ0) is 10.7. The maximum Gasteiger partial charge on any atom is 0.227 e. The summed E-state index contributed by atoms with van der Waals surface area (Å²) in [6.07, 6.45) is 5.91. The minimum Gasteiger partial charge on any atom is -0.355 e. The maximum atomic E-state index is 12.1. The Hall–Kier alpha value is -0.570. The molecule has 15 heavy (non-hydrogen) atoms. The largest absolute Gasteiger partial charge is 0.355 e. The van der Waals surface area contributed by atoms with Crippen LogP contribution in [0.4, 0.5) is 0 Å². The molecule has 1 aliphatic carbocycles. The molecule has 86 valence electrons. The fourth-order valence-electron chi connectivity index (χ4n) is 2.52. The van der Waals surface area contributed by atoms with Crippen molar-refractivity contribution in [1.82, 2.24) is 10.6 Å². The van der Waals surface area contributed by atoms with Crippen molar-refractivity contribution >= 4 is 5.91 Å². The second-order valence-electron chi connectivity index (χ2n) is 5.07. The molecule has 1 heterocycles. The van der Waals surface area contributed by atoms with Gasteiger partial charge >= 0.3 is 0 Å². The van der Waals surface area contributed by atoms with Crippen LogP contribution in [0.1, 0.15) is 39.0 Å². The third-order valence-electron chi connectivity index (χ3n) is 4.18. The summed E-state index contributed by atoms with van der Waals surface area (Å²) < 4.78 is 0. The van der Waals surface area contributed by atoms with E-state index in [2.05, 4.69) is 17.6 Å². The monoisotopic (exact) mass is 210 g/mol. The highest BCUT2D eigenvalue weighted by atomic mass is 16.2. The number of carbonyl (C=O) groups is 1. The van der Waals surface area contributed by atoms with Crippen LogP contribution < -0.4 is 10.6 Å². The van der Waals surface area contributed by atoms with Crippen LogP contribution >= 0.6 is 0 Å². The third kappa shape index (κ3) is 2.17. The van der Waals surface area contributed by atoms with E-state index >= 15 is 0 Å². The van der Waals surface area contributed by atoms with E-state index in [-0.39, 0.29) is 11.3 Å². The number of rotatable bonds is 4. The Morgan fingerprint density at radius 3 is 2.80 bits per heavy atom. The molecule has 1 amide bonds. The van der Waals surface area contributed by atoms with E-state index in [0.717, 1.165) is 38.4 Å². The van der Waals surface area contributed by atoms with E-state index < -0.39 is 0 Å². The van der Waals surface area contributed by atoms with Crippen molar-refractivity contribution in [2.24, 2.45) is 11.3 Å². The lowest BCUT2D eigenvalue weighted by Crippen LogP contribution is -2.44. The van der Waals surface area contributed by atoms with E-state index in [1.54, 1.807) is 0 Å². The predicted octanol–water partition coefficient (Wildman–Crippen LogP) is 1.29. The molecule has 1 atom stereocenters.